The smallest absolute Gasteiger partial charge is 0.127 e. The maximum Gasteiger partial charge on any atom is 0.127 e. The normalized spacial score (nSPS) is 13.5. The molecule has 1 heterocycles. The Kier molecular flexibility index (Phi) is 5.17. The maximum atomic E-state index is 9.82. The number of anilines is 2. The van der Waals surface area contributed by atoms with Crippen LogP contribution in [-0.4, -0.2) is 23.2 Å². The maximum absolute atomic E-state index is 9.82. The summed E-state index contributed by atoms with van der Waals surface area (Å²) in [5.74, 6) is 0.843. The molecule has 1 atom stereocenters. The molecule has 0 radical (unpaired) electrons. The Morgan fingerprint density at radius 2 is 1.95 bits per heavy atom. The van der Waals surface area contributed by atoms with E-state index in [0.717, 1.165) is 30.0 Å². The Labute approximate surface area is 126 Å². The number of nitrogens with zero attached hydrogens (tertiary/aromatic N) is 1. The lowest BCUT2D eigenvalue weighted by Crippen LogP contribution is -2.35. The van der Waals surface area contributed by atoms with Crippen LogP contribution in [0.4, 0.5) is 11.5 Å². The fourth-order valence-corrected chi connectivity index (χ4v) is 2.19. The molecule has 0 bridgehead atoms. The zero-order valence-corrected chi connectivity index (χ0v) is 12.6. The van der Waals surface area contributed by atoms with Gasteiger partial charge in [-0.3, -0.25) is 0 Å². The fourth-order valence-electron chi connectivity index (χ4n) is 2.19. The van der Waals surface area contributed by atoms with Crippen molar-refractivity contribution >= 4 is 11.5 Å². The fraction of sp³-hybridized carbons (Fsp3) is 0.353. The van der Waals surface area contributed by atoms with Gasteiger partial charge in [-0.25, -0.2) is 4.98 Å². The number of pyridine rings is 1. The lowest BCUT2D eigenvalue weighted by atomic mass is 9.92. The Morgan fingerprint density at radius 1 is 1.19 bits per heavy atom. The van der Waals surface area contributed by atoms with Gasteiger partial charge >= 0.3 is 0 Å². The molecule has 0 aliphatic carbocycles. The summed E-state index contributed by atoms with van der Waals surface area (Å²) >= 11 is 0. The molecule has 1 aromatic heterocycles. The molecule has 2 rings (SSSR count). The molecule has 21 heavy (non-hydrogen) atoms. The second-order valence-electron chi connectivity index (χ2n) is 5.34. The van der Waals surface area contributed by atoms with Crippen molar-refractivity contribution in [3.05, 3.63) is 54.2 Å². The highest BCUT2D eigenvalue weighted by Gasteiger charge is 2.25. The number of aliphatic hydroxyl groups is 1. The van der Waals surface area contributed by atoms with E-state index in [1.54, 1.807) is 6.20 Å². The monoisotopic (exact) mass is 285 g/mol. The van der Waals surface area contributed by atoms with E-state index in [-0.39, 0.29) is 6.61 Å². The van der Waals surface area contributed by atoms with Crippen molar-refractivity contribution in [1.82, 2.24) is 4.98 Å². The Morgan fingerprint density at radius 3 is 2.62 bits per heavy atom. The van der Waals surface area contributed by atoms with E-state index >= 15 is 0 Å². The zero-order valence-electron chi connectivity index (χ0n) is 12.6. The van der Waals surface area contributed by atoms with Gasteiger partial charge < -0.3 is 15.7 Å². The molecule has 4 nitrogen and oxygen atoms in total. The summed E-state index contributed by atoms with van der Waals surface area (Å²) in [5, 5.41) is 16.5. The van der Waals surface area contributed by atoms with Crippen molar-refractivity contribution in [2.75, 3.05) is 23.8 Å². The summed E-state index contributed by atoms with van der Waals surface area (Å²) in [7, 11) is 0. The molecule has 0 saturated heterocycles. The summed E-state index contributed by atoms with van der Waals surface area (Å²) in [6, 6.07) is 13.8. The van der Waals surface area contributed by atoms with Crippen LogP contribution in [0.1, 0.15) is 25.8 Å². The first kappa shape index (κ1) is 15.3. The molecule has 0 spiro atoms. The van der Waals surface area contributed by atoms with Gasteiger partial charge in [0.05, 0.1) is 12.1 Å². The Hall–Kier alpha value is -2.07. The average Bonchev–Trinajstić information content (AvgIpc) is 2.54. The summed E-state index contributed by atoms with van der Waals surface area (Å²) < 4.78 is 0. The predicted octanol–water partition coefficient (Wildman–Crippen LogP) is 3.22. The van der Waals surface area contributed by atoms with Gasteiger partial charge in [0.2, 0.25) is 0 Å². The Balaban J connectivity index is 2.18. The summed E-state index contributed by atoms with van der Waals surface area (Å²) in [6.07, 6.45) is 2.82. The van der Waals surface area contributed by atoms with E-state index in [4.69, 9.17) is 0 Å². The van der Waals surface area contributed by atoms with Gasteiger partial charge in [0, 0.05) is 24.5 Å². The van der Waals surface area contributed by atoms with Crippen LogP contribution in [0, 0.1) is 0 Å². The summed E-state index contributed by atoms with van der Waals surface area (Å²) in [6.45, 7) is 5.01. The average molecular weight is 285 g/mol. The van der Waals surface area contributed by atoms with Crippen molar-refractivity contribution in [1.29, 1.82) is 0 Å². The summed E-state index contributed by atoms with van der Waals surface area (Å²) in [4.78, 5) is 4.29. The minimum atomic E-state index is -0.523. The molecule has 112 valence electrons. The third kappa shape index (κ3) is 3.95. The van der Waals surface area contributed by atoms with Crippen molar-refractivity contribution in [2.24, 2.45) is 0 Å². The number of benzene rings is 1. The van der Waals surface area contributed by atoms with Crippen LogP contribution in [0.15, 0.2) is 48.7 Å². The van der Waals surface area contributed by atoms with Gasteiger partial charge in [-0.15, -0.1) is 0 Å². The highest BCUT2D eigenvalue weighted by molar-refractivity contribution is 5.54. The largest absolute Gasteiger partial charge is 0.394 e. The topological polar surface area (TPSA) is 57.2 Å². The molecule has 1 unspecified atom stereocenters. The third-order valence-electron chi connectivity index (χ3n) is 3.46. The van der Waals surface area contributed by atoms with Crippen molar-refractivity contribution in [3.8, 4) is 0 Å². The standard InChI is InChI=1S/C17H23N3O/c1-3-10-18-16-12-15(9-11-19-16)20-17(2,13-21)14-7-5-4-6-8-14/h4-9,11-12,21H,3,10,13H2,1-2H3,(H2,18,19,20). The van der Waals surface area contributed by atoms with E-state index in [1.807, 2.05) is 49.4 Å². The predicted molar refractivity (Wildman–Crippen MR) is 87.5 cm³/mol. The summed E-state index contributed by atoms with van der Waals surface area (Å²) in [5.41, 5.74) is 1.46. The molecule has 0 amide bonds. The highest BCUT2D eigenvalue weighted by Crippen LogP contribution is 2.26. The molecule has 0 aliphatic heterocycles. The molecule has 0 fully saturated rings. The lowest BCUT2D eigenvalue weighted by molar-refractivity contribution is 0.224. The number of nitrogens with one attached hydrogen (secondary N) is 2. The van der Waals surface area contributed by atoms with Crippen LogP contribution < -0.4 is 10.6 Å². The first-order valence-electron chi connectivity index (χ1n) is 7.32. The van der Waals surface area contributed by atoms with E-state index in [9.17, 15) is 5.11 Å². The molecule has 4 heteroatoms. The van der Waals surface area contributed by atoms with Gasteiger partial charge in [-0.05, 0) is 25.0 Å². The number of rotatable bonds is 7. The van der Waals surface area contributed by atoms with Crippen LogP contribution in [0.3, 0.4) is 0 Å². The van der Waals surface area contributed by atoms with Gasteiger partial charge in [-0.1, -0.05) is 37.3 Å². The van der Waals surface area contributed by atoms with Crippen LogP contribution in [0.25, 0.3) is 0 Å². The number of hydrogen-bond donors (Lipinski definition) is 3. The van der Waals surface area contributed by atoms with E-state index in [1.165, 1.54) is 0 Å². The van der Waals surface area contributed by atoms with Gasteiger partial charge in [0.25, 0.3) is 0 Å². The number of hydrogen-bond acceptors (Lipinski definition) is 4. The van der Waals surface area contributed by atoms with E-state index < -0.39 is 5.54 Å². The first-order chi connectivity index (χ1) is 10.2. The Bertz CT molecular complexity index is 559. The van der Waals surface area contributed by atoms with Crippen LogP contribution in [0.2, 0.25) is 0 Å². The molecular formula is C17H23N3O. The molecule has 2 aromatic rings. The second kappa shape index (κ2) is 7.09. The van der Waals surface area contributed by atoms with Crippen LogP contribution in [0.5, 0.6) is 0 Å². The highest BCUT2D eigenvalue weighted by atomic mass is 16.3. The third-order valence-corrected chi connectivity index (χ3v) is 3.46. The molecular weight excluding hydrogens is 262 g/mol. The first-order valence-corrected chi connectivity index (χ1v) is 7.32. The number of aliphatic hydroxyl groups excluding tert-OH is 1. The lowest BCUT2D eigenvalue weighted by Gasteiger charge is -2.30. The van der Waals surface area contributed by atoms with Gasteiger partial charge in [0.15, 0.2) is 0 Å². The second-order valence-corrected chi connectivity index (χ2v) is 5.34. The van der Waals surface area contributed by atoms with Gasteiger partial charge in [0.1, 0.15) is 5.82 Å². The van der Waals surface area contributed by atoms with Crippen LogP contribution in [-0.2, 0) is 5.54 Å². The van der Waals surface area contributed by atoms with Crippen LogP contribution >= 0.6 is 0 Å². The minimum Gasteiger partial charge on any atom is -0.394 e. The quantitative estimate of drug-likeness (QED) is 0.731. The van der Waals surface area contributed by atoms with Gasteiger partial charge in [-0.2, -0.15) is 0 Å². The zero-order chi connectivity index (χ0) is 15.1. The van der Waals surface area contributed by atoms with Crippen molar-refractivity contribution < 1.29 is 5.11 Å². The minimum absolute atomic E-state index is 0.0110. The molecule has 0 aliphatic rings. The molecule has 3 N–H and O–H groups in total. The molecule has 0 saturated carbocycles. The van der Waals surface area contributed by atoms with Crippen molar-refractivity contribution in [2.45, 2.75) is 25.8 Å². The van der Waals surface area contributed by atoms with E-state index in [2.05, 4.69) is 22.5 Å². The number of aromatic nitrogens is 1. The van der Waals surface area contributed by atoms with E-state index in [0.29, 0.717) is 0 Å². The SMILES string of the molecule is CCCNc1cc(NC(C)(CO)c2ccccc2)ccn1. The van der Waals surface area contributed by atoms with Crippen molar-refractivity contribution in [3.63, 3.8) is 0 Å². The molecule has 1 aromatic carbocycles.